The molecule has 2 N–H and O–H groups in total. The number of aromatic nitrogens is 2. The Kier molecular flexibility index (Phi) is 3.56. The molecule has 0 amide bonds. The third-order valence-corrected chi connectivity index (χ3v) is 1.97. The number of aryl methyl sites for hydroxylation is 1. The third kappa shape index (κ3) is 2.63. The van der Waals surface area contributed by atoms with E-state index in [2.05, 4.69) is 0 Å². The lowest BCUT2D eigenvalue weighted by Gasteiger charge is -2.00. The van der Waals surface area contributed by atoms with Gasteiger partial charge < -0.3 is 9.67 Å². The molecule has 0 aliphatic carbocycles. The van der Waals surface area contributed by atoms with E-state index in [1.54, 1.807) is 0 Å². The molecular formula is C9H12N2O4. The molecule has 0 saturated heterocycles. The minimum Gasteiger partial charge on any atom is -0.396 e. The van der Waals surface area contributed by atoms with Gasteiger partial charge in [-0.3, -0.25) is 14.6 Å². The van der Waals surface area contributed by atoms with Crippen LogP contribution in [0.5, 0.6) is 0 Å². The lowest BCUT2D eigenvalue weighted by Crippen LogP contribution is -2.31. The van der Waals surface area contributed by atoms with Crippen molar-refractivity contribution in [2.75, 3.05) is 6.61 Å². The monoisotopic (exact) mass is 212 g/mol. The number of carbonyl (C=O) groups is 1. The fourth-order valence-corrected chi connectivity index (χ4v) is 1.14. The summed E-state index contributed by atoms with van der Waals surface area (Å²) in [4.78, 5) is 35.7. The molecule has 6 nitrogen and oxygen atoms in total. The number of Topliss-reactive ketones (excluding diaryl/α,β-unsaturated/α-hetero) is 1. The lowest BCUT2D eigenvalue weighted by molar-refractivity contribution is 0.0969. The van der Waals surface area contributed by atoms with Gasteiger partial charge in [-0.1, -0.05) is 0 Å². The van der Waals surface area contributed by atoms with Gasteiger partial charge in [0.25, 0.3) is 5.56 Å². The van der Waals surface area contributed by atoms with Gasteiger partial charge in [-0.15, -0.1) is 0 Å². The Balaban J connectivity index is 3.05. The molecule has 1 heterocycles. The Hall–Kier alpha value is -1.69. The predicted molar refractivity (Wildman–Crippen MR) is 53.0 cm³/mol. The van der Waals surface area contributed by atoms with Crippen molar-refractivity contribution in [3.05, 3.63) is 32.6 Å². The molecule has 0 atom stereocenters. The van der Waals surface area contributed by atoms with Gasteiger partial charge in [0.1, 0.15) is 0 Å². The molecule has 15 heavy (non-hydrogen) atoms. The van der Waals surface area contributed by atoms with Crippen LogP contribution in [0.4, 0.5) is 0 Å². The largest absolute Gasteiger partial charge is 0.396 e. The summed E-state index contributed by atoms with van der Waals surface area (Å²) in [5.41, 5.74) is -1.29. The maximum Gasteiger partial charge on any atom is 0.328 e. The quantitative estimate of drug-likeness (QED) is 0.628. The lowest BCUT2D eigenvalue weighted by atomic mass is 10.1. The molecule has 0 spiro atoms. The highest BCUT2D eigenvalue weighted by Gasteiger charge is 2.11. The van der Waals surface area contributed by atoms with Gasteiger partial charge in [-0.05, 0) is 6.42 Å². The van der Waals surface area contributed by atoms with E-state index in [0.29, 0.717) is 6.42 Å². The van der Waals surface area contributed by atoms with Crippen molar-refractivity contribution in [1.82, 2.24) is 9.55 Å². The molecule has 82 valence electrons. The average Bonchev–Trinajstić information content (AvgIpc) is 2.20. The second-order valence-electron chi connectivity index (χ2n) is 3.16. The van der Waals surface area contributed by atoms with Gasteiger partial charge in [0.05, 0.1) is 5.56 Å². The number of hydrogen-bond donors (Lipinski definition) is 2. The zero-order valence-corrected chi connectivity index (χ0v) is 8.32. The first-order valence-electron chi connectivity index (χ1n) is 4.50. The first-order chi connectivity index (χ1) is 7.06. The summed E-state index contributed by atoms with van der Waals surface area (Å²) in [5, 5.41) is 8.54. The molecule has 1 aromatic rings. The van der Waals surface area contributed by atoms with E-state index in [4.69, 9.17) is 5.11 Å². The van der Waals surface area contributed by atoms with Gasteiger partial charge in [-0.2, -0.15) is 0 Å². The number of nitrogens with one attached hydrogen (secondary N) is 1. The average molecular weight is 212 g/mol. The molecule has 0 unspecified atom stereocenters. The van der Waals surface area contributed by atoms with E-state index in [0.717, 1.165) is 4.57 Å². The predicted octanol–water partition coefficient (Wildman–Crippen LogP) is -0.971. The number of hydrogen-bond acceptors (Lipinski definition) is 4. The second kappa shape index (κ2) is 4.70. The van der Waals surface area contributed by atoms with Crippen LogP contribution >= 0.6 is 0 Å². The minimum atomic E-state index is -0.680. The van der Waals surface area contributed by atoms with Crippen molar-refractivity contribution < 1.29 is 9.90 Å². The molecular weight excluding hydrogens is 200 g/mol. The molecule has 0 saturated carbocycles. The van der Waals surface area contributed by atoms with Crippen molar-refractivity contribution in [3.63, 3.8) is 0 Å². The Labute approximate surface area is 85.2 Å². The van der Waals surface area contributed by atoms with Gasteiger partial charge in [0.15, 0.2) is 5.78 Å². The number of aromatic amines is 1. The van der Waals surface area contributed by atoms with Crippen LogP contribution in [0, 0.1) is 0 Å². The summed E-state index contributed by atoms with van der Waals surface area (Å²) in [5.74, 6) is -0.374. The van der Waals surface area contributed by atoms with E-state index in [9.17, 15) is 14.4 Å². The SMILES string of the molecule is Cn1cc(C(=O)CCCO)c(=O)[nH]c1=O. The number of rotatable bonds is 4. The van der Waals surface area contributed by atoms with Crippen molar-refractivity contribution in [3.8, 4) is 0 Å². The van der Waals surface area contributed by atoms with Crippen LogP contribution in [-0.4, -0.2) is 27.0 Å². The first kappa shape index (κ1) is 11.4. The smallest absolute Gasteiger partial charge is 0.328 e. The fraction of sp³-hybridized carbons (Fsp3) is 0.444. The van der Waals surface area contributed by atoms with Crippen LogP contribution in [0.3, 0.4) is 0 Å². The Morgan fingerprint density at radius 3 is 2.80 bits per heavy atom. The molecule has 0 fully saturated rings. The molecule has 1 rings (SSSR count). The van der Waals surface area contributed by atoms with E-state index in [1.807, 2.05) is 4.98 Å². The van der Waals surface area contributed by atoms with Gasteiger partial charge >= 0.3 is 5.69 Å². The first-order valence-corrected chi connectivity index (χ1v) is 4.50. The highest BCUT2D eigenvalue weighted by molar-refractivity contribution is 5.95. The summed E-state index contributed by atoms with van der Waals surface area (Å²) in [6, 6.07) is 0. The van der Waals surface area contributed by atoms with Crippen LogP contribution in [0.1, 0.15) is 23.2 Å². The second-order valence-corrected chi connectivity index (χ2v) is 3.16. The van der Waals surface area contributed by atoms with E-state index in [-0.39, 0.29) is 24.4 Å². The van der Waals surface area contributed by atoms with Crippen LogP contribution in [0.2, 0.25) is 0 Å². The molecule has 0 aromatic carbocycles. The number of aliphatic hydroxyl groups excluding tert-OH is 1. The van der Waals surface area contributed by atoms with Crippen molar-refractivity contribution in [2.45, 2.75) is 12.8 Å². The molecule has 1 aromatic heterocycles. The maximum absolute atomic E-state index is 11.4. The fourth-order valence-electron chi connectivity index (χ4n) is 1.14. The summed E-state index contributed by atoms with van der Waals surface area (Å²) in [7, 11) is 1.45. The zero-order chi connectivity index (χ0) is 11.4. The van der Waals surface area contributed by atoms with Gasteiger partial charge in [0, 0.05) is 26.3 Å². The summed E-state index contributed by atoms with van der Waals surface area (Å²) in [6.07, 6.45) is 1.61. The number of H-pyrrole nitrogens is 1. The topological polar surface area (TPSA) is 92.2 Å². The minimum absolute atomic E-state index is 0.0504. The van der Waals surface area contributed by atoms with Crippen LogP contribution in [0.15, 0.2) is 15.8 Å². The van der Waals surface area contributed by atoms with E-state index in [1.165, 1.54) is 13.2 Å². The summed E-state index contributed by atoms with van der Waals surface area (Å²) >= 11 is 0. The summed E-state index contributed by atoms with van der Waals surface area (Å²) in [6.45, 7) is -0.102. The van der Waals surface area contributed by atoms with Crippen LogP contribution < -0.4 is 11.2 Å². The van der Waals surface area contributed by atoms with Gasteiger partial charge in [-0.25, -0.2) is 4.79 Å². The maximum atomic E-state index is 11.4. The van der Waals surface area contributed by atoms with E-state index < -0.39 is 11.2 Å². The molecule has 0 bridgehead atoms. The Bertz CT molecular complexity index is 472. The van der Waals surface area contributed by atoms with Crippen LogP contribution in [-0.2, 0) is 7.05 Å². The molecule has 0 aliphatic heterocycles. The highest BCUT2D eigenvalue weighted by Crippen LogP contribution is 1.97. The molecule has 0 aliphatic rings. The number of nitrogens with zero attached hydrogens (tertiary/aromatic N) is 1. The van der Waals surface area contributed by atoms with E-state index >= 15 is 0 Å². The van der Waals surface area contributed by atoms with Gasteiger partial charge in [0.2, 0.25) is 0 Å². The normalized spacial score (nSPS) is 10.3. The number of ketones is 1. The number of carbonyl (C=O) groups excluding carboxylic acids is 1. The Morgan fingerprint density at radius 1 is 1.53 bits per heavy atom. The van der Waals surface area contributed by atoms with Crippen molar-refractivity contribution >= 4 is 5.78 Å². The standard InChI is InChI=1S/C9H12N2O4/c1-11-5-6(7(13)3-2-4-12)8(14)10-9(11)15/h5,12H,2-4H2,1H3,(H,10,14,15). The highest BCUT2D eigenvalue weighted by atomic mass is 16.3. The molecule has 0 radical (unpaired) electrons. The third-order valence-electron chi connectivity index (χ3n) is 1.97. The molecule has 6 heteroatoms. The van der Waals surface area contributed by atoms with Crippen molar-refractivity contribution in [1.29, 1.82) is 0 Å². The number of aliphatic hydroxyl groups is 1. The Morgan fingerprint density at radius 2 is 2.20 bits per heavy atom. The van der Waals surface area contributed by atoms with Crippen molar-refractivity contribution in [2.24, 2.45) is 7.05 Å². The van der Waals surface area contributed by atoms with Crippen LogP contribution in [0.25, 0.3) is 0 Å². The summed E-state index contributed by atoms with van der Waals surface area (Å²) < 4.78 is 1.13. The zero-order valence-electron chi connectivity index (χ0n) is 8.32.